The van der Waals surface area contributed by atoms with Crippen LogP contribution in [0.3, 0.4) is 0 Å². The summed E-state index contributed by atoms with van der Waals surface area (Å²) < 4.78 is 5.43. The zero-order chi connectivity index (χ0) is 11.1. The van der Waals surface area contributed by atoms with Crippen molar-refractivity contribution in [3.05, 3.63) is 0 Å². The molecule has 15 heavy (non-hydrogen) atoms. The van der Waals surface area contributed by atoms with Crippen LogP contribution in [0.2, 0.25) is 0 Å². The minimum atomic E-state index is -0.444. The zero-order valence-corrected chi connectivity index (χ0v) is 9.82. The summed E-state index contributed by atoms with van der Waals surface area (Å²) in [5, 5.41) is 9.65. The molecule has 3 nitrogen and oxygen atoms in total. The molecule has 90 valence electrons. The first kappa shape index (κ1) is 12.9. The van der Waals surface area contributed by atoms with Crippen molar-refractivity contribution in [3.63, 3.8) is 0 Å². The fourth-order valence-electron chi connectivity index (χ4n) is 2.09. The predicted molar refractivity (Wildman–Crippen MR) is 61.7 cm³/mol. The van der Waals surface area contributed by atoms with Crippen molar-refractivity contribution in [3.8, 4) is 0 Å². The Morgan fingerprint density at radius 3 is 2.47 bits per heavy atom. The first-order valence-corrected chi connectivity index (χ1v) is 6.31. The number of aliphatic hydroxyl groups excluding tert-OH is 1. The van der Waals surface area contributed by atoms with Gasteiger partial charge in [0.2, 0.25) is 0 Å². The average molecular weight is 215 g/mol. The molecule has 3 atom stereocenters. The van der Waals surface area contributed by atoms with Gasteiger partial charge in [-0.1, -0.05) is 45.4 Å². The molecule has 0 spiro atoms. The number of rotatable bonds is 7. The molecule has 0 amide bonds. The summed E-state index contributed by atoms with van der Waals surface area (Å²) in [5.41, 5.74) is 5.66. The van der Waals surface area contributed by atoms with Crippen LogP contribution in [-0.4, -0.2) is 30.0 Å². The van der Waals surface area contributed by atoms with Crippen molar-refractivity contribution in [2.45, 2.75) is 70.1 Å². The van der Waals surface area contributed by atoms with E-state index in [0.29, 0.717) is 6.61 Å². The van der Waals surface area contributed by atoms with Gasteiger partial charge in [-0.3, -0.25) is 0 Å². The number of hydrogen-bond acceptors (Lipinski definition) is 3. The van der Waals surface area contributed by atoms with Gasteiger partial charge in [0.05, 0.1) is 24.9 Å². The second kappa shape index (κ2) is 7.20. The lowest BCUT2D eigenvalue weighted by Gasteiger charge is -2.14. The van der Waals surface area contributed by atoms with Gasteiger partial charge >= 0.3 is 0 Å². The molecule has 0 saturated carbocycles. The summed E-state index contributed by atoms with van der Waals surface area (Å²) in [6, 6.07) is -0.171. The molecule has 3 heteroatoms. The lowest BCUT2D eigenvalue weighted by atomic mass is 10.0. The first-order valence-electron chi connectivity index (χ1n) is 6.31. The Morgan fingerprint density at radius 2 is 1.87 bits per heavy atom. The number of ether oxygens (including phenoxy) is 1. The number of nitrogens with two attached hydrogens (primary N) is 1. The van der Waals surface area contributed by atoms with Crippen molar-refractivity contribution in [2.75, 3.05) is 6.61 Å². The molecular weight excluding hydrogens is 190 g/mol. The molecule has 0 aromatic heterocycles. The van der Waals surface area contributed by atoms with Crippen LogP contribution < -0.4 is 5.73 Å². The van der Waals surface area contributed by atoms with Crippen LogP contribution >= 0.6 is 0 Å². The third-order valence-electron chi connectivity index (χ3n) is 3.16. The van der Waals surface area contributed by atoms with Gasteiger partial charge in [-0.05, 0) is 6.42 Å². The maximum absolute atomic E-state index is 9.65. The molecule has 0 radical (unpaired) electrons. The summed E-state index contributed by atoms with van der Waals surface area (Å²) in [6.07, 6.45) is 8.19. The maximum atomic E-state index is 9.65. The average Bonchev–Trinajstić information content (AvgIpc) is 2.54. The van der Waals surface area contributed by atoms with E-state index in [1.54, 1.807) is 0 Å². The molecule has 0 aromatic carbocycles. The molecule has 1 aliphatic rings. The normalized spacial score (nSPS) is 31.0. The Balaban J connectivity index is 1.96. The molecule has 1 saturated heterocycles. The maximum Gasteiger partial charge on any atom is 0.0974 e. The molecule has 1 aliphatic heterocycles. The van der Waals surface area contributed by atoms with Crippen LogP contribution in [0.15, 0.2) is 0 Å². The van der Waals surface area contributed by atoms with Crippen molar-refractivity contribution < 1.29 is 9.84 Å². The van der Waals surface area contributed by atoms with Gasteiger partial charge < -0.3 is 15.6 Å². The van der Waals surface area contributed by atoms with Gasteiger partial charge in [0.15, 0.2) is 0 Å². The molecule has 0 unspecified atom stereocenters. The lowest BCUT2D eigenvalue weighted by molar-refractivity contribution is 0.0342. The highest BCUT2D eigenvalue weighted by Crippen LogP contribution is 2.19. The summed E-state index contributed by atoms with van der Waals surface area (Å²) in [7, 11) is 0. The lowest BCUT2D eigenvalue weighted by Crippen LogP contribution is -2.36. The van der Waals surface area contributed by atoms with Gasteiger partial charge in [-0.15, -0.1) is 0 Å². The van der Waals surface area contributed by atoms with E-state index in [9.17, 15) is 5.11 Å². The smallest absolute Gasteiger partial charge is 0.0974 e. The molecule has 1 heterocycles. The topological polar surface area (TPSA) is 55.5 Å². The van der Waals surface area contributed by atoms with Crippen molar-refractivity contribution in [1.82, 2.24) is 0 Å². The van der Waals surface area contributed by atoms with Gasteiger partial charge in [-0.2, -0.15) is 0 Å². The van der Waals surface area contributed by atoms with Crippen LogP contribution in [0.5, 0.6) is 0 Å². The van der Waals surface area contributed by atoms with E-state index < -0.39 is 6.10 Å². The number of aliphatic hydroxyl groups is 1. The zero-order valence-electron chi connectivity index (χ0n) is 9.82. The SMILES string of the molecule is CCCCCCCC[C@@H]1OC[C@@H](N)[C@@H]1O. The summed E-state index contributed by atoms with van der Waals surface area (Å²) in [5.74, 6) is 0. The van der Waals surface area contributed by atoms with Crippen LogP contribution in [0, 0.1) is 0 Å². The molecular formula is C12H25NO2. The standard InChI is InChI=1S/C12H25NO2/c1-2-3-4-5-6-7-8-11-12(14)10(13)9-15-11/h10-12,14H,2-9,13H2,1H3/t10-,11+,12+/m1/s1. The van der Waals surface area contributed by atoms with E-state index in [-0.39, 0.29) is 12.1 Å². The molecule has 0 bridgehead atoms. The highest BCUT2D eigenvalue weighted by molar-refractivity contribution is 4.85. The van der Waals surface area contributed by atoms with E-state index in [1.807, 2.05) is 0 Å². The molecule has 1 rings (SSSR count). The highest BCUT2D eigenvalue weighted by Gasteiger charge is 2.32. The largest absolute Gasteiger partial charge is 0.389 e. The van der Waals surface area contributed by atoms with E-state index in [0.717, 1.165) is 12.8 Å². The Labute approximate surface area is 93.0 Å². The van der Waals surface area contributed by atoms with Gasteiger partial charge in [-0.25, -0.2) is 0 Å². The van der Waals surface area contributed by atoms with Gasteiger partial charge in [0, 0.05) is 0 Å². The summed E-state index contributed by atoms with van der Waals surface area (Å²) in [4.78, 5) is 0. The fraction of sp³-hybridized carbons (Fsp3) is 1.00. The van der Waals surface area contributed by atoms with Crippen LogP contribution in [0.25, 0.3) is 0 Å². The minimum absolute atomic E-state index is 0.00817. The van der Waals surface area contributed by atoms with E-state index in [4.69, 9.17) is 10.5 Å². The summed E-state index contributed by atoms with van der Waals surface area (Å²) >= 11 is 0. The third kappa shape index (κ3) is 4.49. The van der Waals surface area contributed by atoms with E-state index in [2.05, 4.69) is 6.92 Å². The quantitative estimate of drug-likeness (QED) is 0.637. The monoisotopic (exact) mass is 215 g/mol. The second-order valence-corrected chi connectivity index (χ2v) is 4.58. The molecule has 0 aliphatic carbocycles. The van der Waals surface area contributed by atoms with Crippen molar-refractivity contribution in [2.24, 2.45) is 5.73 Å². The van der Waals surface area contributed by atoms with E-state index >= 15 is 0 Å². The Morgan fingerprint density at radius 1 is 1.20 bits per heavy atom. The van der Waals surface area contributed by atoms with Gasteiger partial charge in [0.25, 0.3) is 0 Å². The number of hydrogen-bond donors (Lipinski definition) is 2. The van der Waals surface area contributed by atoms with Crippen LogP contribution in [0.4, 0.5) is 0 Å². The van der Waals surface area contributed by atoms with Crippen molar-refractivity contribution >= 4 is 0 Å². The highest BCUT2D eigenvalue weighted by atomic mass is 16.5. The molecule has 1 fully saturated rings. The molecule has 0 aromatic rings. The van der Waals surface area contributed by atoms with E-state index in [1.165, 1.54) is 32.1 Å². The minimum Gasteiger partial charge on any atom is -0.389 e. The predicted octanol–water partition coefficient (Wildman–Crippen LogP) is 1.82. The fourth-order valence-corrected chi connectivity index (χ4v) is 2.09. The van der Waals surface area contributed by atoms with Crippen molar-refractivity contribution in [1.29, 1.82) is 0 Å². The Bertz CT molecular complexity index is 164. The summed E-state index contributed by atoms with van der Waals surface area (Å²) in [6.45, 7) is 2.74. The Hall–Kier alpha value is -0.120. The Kier molecular flexibility index (Phi) is 6.22. The molecule has 3 N–H and O–H groups in total. The van der Waals surface area contributed by atoms with Crippen LogP contribution in [-0.2, 0) is 4.74 Å². The second-order valence-electron chi connectivity index (χ2n) is 4.58. The number of unbranched alkanes of at least 4 members (excludes halogenated alkanes) is 5. The van der Waals surface area contributed by atoms with Gasteiger partial charge in [0.1, 0.15) is 0 Å². The van der Waals surface area contributed by atoms with Crippen LogP contribution in [0.1, 0.15) is 51.9 Å². The first-order chi connectivity index (χ1) is 7.25. The third-order valence-corrected chi connectivity index (χ3v) is 3.16.